The Labute approximate surface area is 112 Å². The van der Waals surface area contributed by atoms with Gasteiger partial charge in [-0.05, 0) is 38.8 Å². The third kappa shape index (κ3) is 6.39. The van der Waals surface area contributed by atoms with Crippen LogP contribution in [-0.4, -0.2) is 35.1 Å². The number of likely N-dealkylation sites (tertiary alicyclic amines) is 1. The number of carbonyl (C=O) groups is 1. The standard InChI is InChI=1S/C15H29NO2/c1-2-3-4-5-7-12-16-13-8-6-9-14(16)10-11-15(17)18/h14H,2-13H2,1H3,(H,17,18). The van der Waals surface area contributed by atoms with Gasteiger partial charge in [0.2, 0.25) is 0 Å². The van der Waals surface area contributed by atoms with Crippen molar-refractivity contribution in [3.63, 3.8) is 0 Å². The third-order valence-corrected chi connectivity index (χ3v) is 3.99. The molecule has 1 rings (SSSR count). The SMILES string of the molecule is CCCCCCCN1CCCCC1CCC(=O)O. The molecule has 106 valence electrons. The topological polar surface area (TPSA) is 40.5 Å². The zero-order chi connectivity index (χ0) is 13.2. The van der Waals surface area contributed by atoms with Crippen LogP contribution >= 0.6 is 0 Å². The van der Waals surface area contributed by atoms with Gasteiger partial charge in [-0.25, -0.2) is 0 Å². The van der Waals surface area contributed by atoms with Crippen LogP contribution in [0.15, 0.2) is 0 Å². The summed E-state index contributed by atoms with van der Waals surface area (Å²) in [5, 5.41) is 8.79. The predicted molar refractivity (Wildman–Crippen MR) is 74.8 cm³/mol. The normalized spacial score (nSPS) is 21.1. The number of carboxylic acids is 1. The van der Waals surface area contributed by atoms with Crippen molar-refractivity contribution < 1.29 is 9.90 Å². The predicted octanol–water partition coefficient (Wildman–Crippen LogP) is 3.68. The summed E-state index contributed by atoms with van der Waals surface area (Å²) in [5.74, 6) is -0.650. The molecule has 0 aromatic heterocycles. The van der Waals surface area contributed by atoms with E-state index in [2.05, 4.69) is 11.8 Å². The number of piperidine rings is 1. The summed E-state index contributed by atoms with van der Waals surface area (Å²) < 4.78 is 0. The summed E-state index contributed by atoms with van der Waals surface area (Å²) in [4.78, 5) is 13.2. The summed E-state index contributed by atoms with van der Waals surface area (Å²) in [6, 6.07) is 0.529. The van der Waals surface area contributed by atoms with E-state index in [-0.39, 0.29) is 0 Å². The third-order valence-electron chi connectivity index (χ3n) is 3.99. The zero-order valence-electron chi connectivity index (χ0n) is 11.9. The monoisotopic (exact) mass is 255 g/mol. The van der Waals surface area contributed by atoms with Gasteiger partial charge in [0.15, 0.2) is 0 Å². The zero-order valence-corrected chi connectivity index (χ0v) is 11.9. The molecule has 3 heteroatoms. The van der Waals surface area contributed by atoms with Gasteiger partial charge in [0.1, 0.15) is 0 Å². The summed E-state index contributed by atoms with van der Waals surface area (Å²) in [6.45, 7) is 4.60. The molecule has 1 aliphatic heterocycles. The van der Waals surface area contributed by atoms with Crippen LogP contribution in [0, 0.1) is 0 Å². The molecule has 1 aliphatic rings. The Hall–Kier alpha value is -0.570. The van der Waals surface area contributed by atoms with Crippen molar-refractivity contribution in [3.05, 3.63) is 0 Å². The minimum Gasteiger partial charge on any atom is -0.481 e. The maximum Gasteiger partial charge on any atom is 0.303 e. The second-order valence-corrected chi connectivity index (χ2v) is 5.53. The van der Waals surface area contributed by atoms with E-state index in [9.17, 15) is 4.79 Å². The Morgan fingerprint density at radius 1 is 1.22 bits per heavy atom. The lowest BCUT2D eigenvalue weighted by atomic mass is 9.97. The quantitative estimate of drug-likeness (QED) is 0.639. The van der Waals surface area contributed by atoms with Crippen LogP contribution in [0.2, 0.25) is 0 Å². The molecule has 0 amide bonds. The fourth-order valence-electron chi connectivity index (χ4n) is 2.89. The van der Waals surface area contributed by atoms with Gasteiger partial charge in [-0.3, -0.25) is 4.79 Å². The van der Waals surface area contributed by atoms with Crippen LogP contribution in [-0.2, 0) is 4.79 Å². The highest BCUT2D eigenvalue weighted by Crippen LogP contribution is 2.21. The molecule has 0 aromatic carbocycles. The van der Waals surface area contributed by atoms with Crippen LogP contribution in [0.5, 0.6) is 0 Å². The van der Waals surface area contributed by atoms with Crippen LogP contribution in [0.4, 0.5) is 0 Å². The fourth-order valence-corrected chi connectivity index (χ4v) is 2.89. The van der Waals surface area contributed by atoms with Gasteiger partial charge in [0.05, 0.1) is 0 Å². The average molecular weight is 255 g/mol. The lowest BCUT2D eigenvalue weighted by Gasteiger charge is -2.35. The molecule has 1 unspecified atom stereocenters. The van der Waals surface area contributed by atoms with Crippen molar-refractivity contribution in [1.29, 1.82) is 0 Å². The molecule has 1 heterocycles. The molecule has 3 nitrogen and oxygen atoms in total. The van der Waals surface area contributed by atoms with Gasteiger partial charge < -0.3 is 10.0 Å². The Kier molecular flexibility index (Phi) is 8.06. The number of aliphatic carboxylic acids is 1. The van der Waals surface area contributed by atoms with Gasteiger partial charge in [0.25, 0.3) is 0 Å². The Morgan fingerprint density at radius 2 is 2.00 bits per heavy atom. The summed E-state index contributed by atoms with van der Waals surface area (Å²) in [5.41, 5.74) is 0. The molecule has 1 atom stereocenters. The minimum absolute atomic E-state index is 0.330. The van der Waals surface area contributed by atoms with Crippen molar-refractivity contribution >= 4 is 5.97 Å². The van der Waals surface area contributed by atoms with Crippen molar-refractivity contribution in [3.8, 4) is 0 Å². The van der Waals surface area contributed by atoms with Crippen LogP contribution in [0.3, 0.4) is 0 Å². The molecule has 0 aromatic rings. The van der Waals surface area contributed by atoms with Crippen LogP contribution < -0.4 is 0 Å². The van der Waals surface area contributed by atoms with Crippen molar-refractivity contribution in [2.24, 2.45) is 0 Å². The van der Waals surface area contributed by atoms with Gasteiger partial charge in [0, 0.05) is 12.5 Å². The highest BCUT2D eigenvalue weighted by atomic mass is 16.4. The van der Waals surface area contributed by atoms with E-state index in [1.807, 2.05) is 0 Å². The molecule has 0 saturated carbocycles. The van der Waals surface area contributed by atoms with E-state index in [1.165, 1.54) is 64.5 Å². The highest BCUT2D eigenvalue weighted by Gasteiger charge is 2.22. The van der Waals surface area contributed by atoms with Crippen LogP contribution in [0.1, 0.15) is 71.1 Å². The van der Waals surface area contributed by atoms with E-state index in [0.29, 0.717) is 12.5 Å². The first-order valence-corrected chi connectivity index (χ1v) is 7.70. The van der Waals surface area contributed by atoms with E-state index >= 15 is 0 Å². The molecule has 0 radical (unpaired) electrons. The Balaban J connectivity index is 2.19. The fraction of sp³-hybridized carbons (Fsp3) is 0.933. The lowest BCUT2D eigenvalue weighted by molar-refractivity contribution is -0.137. The smallest absolute Gasteiger partial charge is 0.303 e. The maximum absolute atomic E-state index is 10.7. The molecule has 1 saturated heterocycles. The summed E-state index contributed by atoms with van der Waals surface area (Å²) in [7, 11) is 0. The van der Waals surface area contributed by atoms with E-state index in [1.54, 1.807) is 0 Å². The number of rotatable bonds is 9. The Morgan fingerprint density at radius 3 is 2.72 bits per heavy atom. The van der Waals surface area contributed by atoms with Gasteiger partial charge in [-0.1, -0.05) is 39.0 Å². The van der Waals surface area contributed by atoms with E-state index in [4.69, 9.17) is 5.11 Å². The molecule has 0 aliphatic carbocycles. The van der Waals surface area contributed by atoms with Crippen molar-refractivity contribution in [2.75, 3.05) is 13.1 Å². The molecular formula is C15H29NO2. The number of hydrogen-bond donors (Lipinski definition) is 1. The highest BCUT2D eigenvalue weighted by molar-refractivity contribution is 5.66. The average Bonchev–Trinajstić information content (AvgIpc) is 2.37. The molecule has 0 spiro atoms. The number of hydrogen-bond acceptors (Lipinski definition) is 2. The maximum atomic E-state index is 10.7. The first-order chi connectivity index (χ1) is 8.74. The second kappa shape index (κ2) is 9.37. The largest absolute Gasteiger partial charge is 0.481 e. The van der Waals surface area contributed by atoms with E-state index in [0.717, 1.165) is 6.42 Å². The number of carboxylic acid groups (broad SMARTS) is 1. The van der Waals surface area contributed by atoms with Crippen molar-refractivity contribution in [2.45, 2.75) is 77.2 Å². The van der Waals surface area contributed by atoms with E-state index < -0.39 is 5.97 Å². The van der Waals surface area contributed by atoms with Gasteiger partial charge in [-0.2, -0.15) is 0 Å². The Bertz CT molecular complexity index is 231. The molecule has 18 heavy (non-hydrogen) atoms. The molecular weight excluding hydrogens is 226 g/mol. The van der Waals surface area contributed by atoms with Crippen LogP contribution in [0.25, 0.3) is 0 Å². The summed E-state index contributed by atoms with van der Waals surface area (Å²) in [6.07, 6.45) is 11.5. The summed E-state index contributed by atoms with van der Waals surface area (Å²) >= 11 is 0. The molecule has 1 fully saturated rings. The van der Waals surface area contributed by atoms with Gasteiger partial charge in [-0.15, -0.1) is 0 Å². The number of unbranched alkanes of at least 4 members (excludes halogenated alkanes) is 4. The molecule has 1 N–H and O–H groups in total. The van der Waals surface area contributed by atoms with Crippen molar-refractivity contribution in [1.82, 2.24) is 4.90 Å². The molecule has 0 bridgehead atoms. The van der Waals surface area contributed by atoms with Gasteiger partial charge >= 0.3 is 5.97 Å². The first-order valence-electron chi connectivity index (χ1n) is 7.70. The second-order valence-electron chi connectivity index (χ2n) is 5.53. The lowest BCUT2D eigenvalue weighted by Crippen LogP contribution is -2.40. The minimum atomic E-state index is -0.650. The number of nitrogens with zero attached hydrogens (tertiary/aromatic N) is 1. The first kappa shape index (κ1) is 15.5.